The Hall–Kier alpha value is -4.24. The number of nitrogens with one attached hydrogen (secondary N) is 1. The number of rotatable bonds is 4. The van der Waals surface area contributed by atoms with Gasteiger partial charge in [0, 0.05) is 28.3 Å². The van der Waals surface area contributed by atoms with Gasteiger partial charge in [0.25, 0.3) is 17.5 Å². The van der Waals surface area contributed by atoms with Crippen LogP contribution in [0.4, 0.5) is 5.69 Å². The van der Waals surface area contributed by atoms with Crippen molar-refractivity contribution in [1.29, 1.82) is 0 Å². The minimum Gasteiger partial charge on any atom is -0.451 e. The van der Waals surface area contributed by atoms with Gasteiger partial charge in [0.15, 0.2) is 5.76 Å². The summed E-state index contributed by atoms with van der Waals surface area (Å²) < 4.78 is 7.17. The summed E-state index contributed by atoms with van der Waals surface area (Å²) >= 11 is 0. The Morgan fingerprint density at radius 1 is 1.06 bits per heavy atom. The van der Waals surface area contributed by atoms with Crippen LogP contribution in [0.3, 0.4) is 0 Å². The molecule has 0 saturated carbocycles. The molecule has 0 atom stereocenters. The molecule has 0 unspecified atom stereocenters. The van der Waals surface area contributed by atoms with E-state index in [0.717, 1.165) is 0 Å². The molecular formula is C22H18N4O5. The fraction of sp³-hybridized carbons (Fsp3) is 0.0909. The van der Waals surface area contributed by atoms with Crippen LogP contribution in [-0.2, 0) is 0 Å². The third-order valence-electron chi connectivity index (χ3n) is 5.26. The number of nitro benzene ring substituents is 1. The normalized spacial score (nSPS) is 10.9. The van der Waals surface area contributed by atoms with Crippen molar-refractivity contribution in [3.8, 4) is 11.3 Å². The summed E-state index contributed by atoms with van der Waals surface area (Å²) in [4.78, 5) is 36.4. The van der Waals surface area contributed by atoms with Gasteiger partial charge in [0.1, 0.15) is 5.76 Å². The monoisotopic (exact) mass is 418 g/mol. The van der Waals surface area contributed by atoms with Crippen LogP contribution in [0.25, 0.3) is 22.2 Å². The van der Waals surface area contributed by atoms with Crippen molar-refractivity contribution in [3.05, 3.63) is 87.3 Å². The number of nitrogens with zero attached hydrogens (tertiary/aromatic N) is 2. The number of hydrazine groups is 1. The maximum atomic E-state index is 13.3. The van der Waals surface area contributed by atoms with E-state index in [1.807, 2.05) is 0 Å². The standard InChI is InChI=1S/C22H18N4O5/c1-12-14(7-5-9-16(12)26(29)30)18-10-11-19(31-18)22(28)25-13(2)20(21(27)24-23)15-6-3-4-8-17(15)25/h3-11H,23H2,1-2H3,(H,24,27). The first-order chi connectivity index (χ1) is 14.8. The first-order valence-electron chi connectivity index (χ1n) is 9.35. The molecule has 0 aliphatic rings. The molecule has 4 rings (SSSR count). The lowest BCUT2D eigenvalue weighted by Gasteiger charge is -2.06. The Labute approximate surface area is 176 Å². The molecule has 0 bridgehead atoms. The van der Waals surface area contributed by atoms with Gasteiger partial charge >= 0.3 is 0 Å². The molecule has 0 saturated heterocycles. The SMILES string of the molecule is Cc1c(-c2ccc(C(=O)n3c(C)c(C(=O)NN)c4ccccc43)o2)cccc1[N+](=O)[O-]. The second kappa shape index (κ2) is 7.54. The number of carbonyl (C=O) groups is 2. The van der Waals surface area contributed by atoms with Gasteiger partial charge in [-0.3, -0.25) is 29.7 Å². The third-order valence-corrected chi connectivity index (χ3v) is 5.26. The number of para-hydroxylation sites is 1. The van der Waals surface area contributed by atoms with Crippen LogP contribution in [0, 0.1) is 24.0 Å². The average Bonchev–Trinajstić information content (AvgIpc) is 3.35. The van der Waals surface area contributed by atoms with Crippen molar-refractivity contribution in [2.24, 2.45) is 5.84 Å². The summed E-state index contributed by atoms with van der Waals surface area (Å²) in [5, 5.41) is 11.8. The van der Waals surface area contributed by atoms with E-state index in [1.165, 1.54) is 16.7 Å². The number of furan rings is 1. The Balaban J connectivity index is 1.82. The number of carbonyl (C=O) groups excluding carboxylic acids is 2. The van der Waals surface area contributed by atoms with E-state index in [0.29, 0.717) is 39.0 Å². The Kier molecular flexibility index (Phi) is 4.88. The summed E-state index contributed by atoms with van der Waals surface area (Å²) in [5.74, 6) is 4.70. The van der Waals surface area contributed by atoms with E-state index >= 15 is 0 Å². The van der Waals surface area contributed by atoms with E-state index in [4.69, 9.17) is 10.3 Å². The third kappa shape index (κ3) is 3.17. The molecule has 0 radical (unpaired) electrons. The van der Waals surface area contributed by atoms with Crippen LogP contribution >= 0.6 is 0 Å². The Morgan fingerprint density at radius 2 is 1.81 bits per heavy atom. The number of nitro groups is 1. The smallest absolute Gasteiger partial charge is 0.298 e. The van der Waals surface area contributed by atoms with Crippen molar-refractivity contribution in [1.82, 2.24) is 9.99 Å². The predicted octanol–water partition coefficient (Wildman–Crippen LogP) is 3.72. The summed E-state index contributed by atoms with van der Waals surface area (Å²) in [6, 6.07) is 14.7. The van der Waals surface area contributed by atoms with Crippen molar-refractivity contribution >= 4 is 28.4 Å². The van der Waals surface area contributed by atoms with Gasteiger partial charge in [0.2, 0.25) is 0 Å². The molecule has 0 fully saturated rings. The first kappa shape index (κ1) is 20.0. The van der Waals surface area contributed by atoms with Crippen LogP contribution < -0.4 is 11.3 Å². The lowest BCUT2D eigenvalue weighted by Crippen LogP contribution is -2.30. The zero-order valence-electron chi connectivity index (χ0n) is 16.7. The molecule has 4 aromatic rings. The molecule has 0 aliphatic carbocycles. The van der Waals surface area contributed by atoms with Crippen molar-refractivity contribution in [2.75, 3.05) is 0 Å². The molecule has 0 spiro atoms. The molecule has 2 aromatic carbocycles. The van der Waals surface area contributed by atoms with Gasteiger partial charge in [-0.15, -0.1) is 0 Å². The van der Waals surface area contributed by atoms with Crippen LogP contribution in [0.5, 0.6) is 0 Å². The van der Waals surface area contributed by atoms with Crippen molar-refractivity contribution < 1.29 is 18.9 Å². The van der Waals surface area contributed by atoms with E-state index in [9.17, 15) is 19.7 Å². The van der Waals surface area contributed by atoms with Gasteiger partial charge in [-0.25, -0.2) is 5.84 Å². The molecule has 0 aliphatic heterocycles. The molecule has 9 heteroatoms. The highest BCUT2D eigenvalue weighted by atomic mass is 16.6. The number of fused-ring (bicyclic) bond motifs is 1. The molecule has 2 aromatic heterocycles. The zero-order valence-corrected chi connectivity index (χ0v) is 16.7. The summed E-state index contributed by atoms with van der Waals surface area (Å²) in [6.45, 7) is 3.27. The molecule has 3 N–H and O–H groups in total. The van der Waals surface area contributed by atoms with E-state index in [1.54, 1.807) is 56.3 Å². The number of hydrogen-bond acceptors (Lipinski definition) is 6. The van der Waals surface area contributed by atoms with Crippen LogP contribution in [0.2, 0.25) is 0 Å². The minimum atomic E-state index is -0.507. The fourth-order valence-electron chi connectivity index (χ4n) is 3.78. The fourth-order valence-corrected chi connectivity index (χ4v) is 3.78. The number of hydrogen-bond donors (Lipinski definition) is 2. The number of benzene rings is 2. The van der Waals surface area contributed by atoms with E-state index < -0.39 is 16.7 Å². The molecular weight excluding hydrogens is 400 g/mol. The highest BCUT2D eigenvalue weighted by Gasteiger charge is 2.25. The van der Waals surface area contributed by atoms with E-state index in [2.05, 4.69) is 5.43 Å². The zero-order chi connectivity index (χ0) is 22.3. The predicted molar refractivity (Wildman–Crippen MR) is 114 cm³/mol. The van der Waals surface area contributed by atoms with Gasteiger partial charge < -0.3 is 4.42 Å². The maximum Gasteiger partial charge on any atom is 0.298 e. The van der Waals surface area contributed by atoms with Gasteiger partial charge in [-0.05, 0) is 32.0 Å². The summed E-state index contributed by atoms with van der Waals surface area (Å²) in [6.07, 6.45) is 0. The molecule has 9 nitrogen and oxygen atoms in total. The molecule has 1 amide bonds. The van der Waals surface area contributed by atoms with Crippen molar-refractivity contribution in [3.63, 3.8) is 0 Å². The minimum absolute atomic E-state index is 0.0319. The van der Waals surface area contributed by atoms with Gasteiger partial charge in [0.05, 0.1) is 16.0 Å². The summed E-state index contributed by atoms with van der Waals surface area (Å²) in [5.41, 5.74) is 4.28. The van der Waals surface area contributed by atoms with Crippen LogP contribution in [-0.4, -0.2) is 21.3 Å². The lowest BCUT2D eigenvalue weighted by atomic mass is 10.1. The Morgan fingerprint density at radius 3 is 2.52 bits per heavy atom. The number of amides is 1. The highest BCUT2D eigenvalue weighted by Crippen LogP contribution is 2.32. The van der Waals surface area contributed by atoms with Gasteiger partial charge in [-0.2, -0.15) is 0 Å². The second-order valence-corrected chi connectivity index (χ2v) is 6.96. The molecule has 2 heterocycles. The van der Waals surface area contributed by atoms with Crippen molar-refractivity contribution in [2.45, 2.75) is 13.8 Å². The number of nitrogens with two attached hydrogens (primary N) is 1. The van der Waals surface area contributed by atoms with Gasteiger partial charge in [-0.1, -0.05) is 30.3 Å². The van der Waals surface area contributed by atoms with E-state index in [-0.39, 0.29) is 11.4 Å². The molecule has 31 heavy (non-hydrogen) atoms. The van der Waals surface area contributed by atoms with Crippen LogP contribution in [0.15, 0.2) is 59.0 Å². The maximum absolute atomic E-state index is 13.3. The second-order valence-electron chi connectivity index (χ2n) is 6.96. The lowest BCUT2D eigenvalue weighted by molar-refractivity contribution is -0.385. The summed E-state index contributed by atoms with van der Waals surface area (Å²) in [7, 11) is 0. The number of nitrogen functional groups attached to an aromatic ring is 1. The molecule has 156 valence electrons. The quantitative estimate of drug-likeness (QED) is 0.225. The highest BCUT2D eigenvalue weighted by molar-refractivity contribution is 6.12. The number of aromatic nitrogens is 1. The average molecular weight is 418 g/mol. The first-order valence-corrected chi connectivity index (χ1v) is 9.35. The van der Waals surface area contributed by atoms with Crippen LogP contribution in [0.1, 0.15) is 32.2 Å². The topological polar surface area (TPSA) is 133 Å². The largest absolute Gasteiger partial charge is 0.451 e. The Bertz CT molecular complexity index is 1370.